The lowest BCUT2D eigenvalue weighted by Crippen LogP contribution is -2.16. The molecule has 0 unspecified atom stereocenters. The van der Waals surface area contributed by atoms with E-state index in [1.165, 1.54) is 23.9 Å². The number of rotatable bonds is 12. The SMILES string of the molecule is CCOc1ccc(NC(=O)CSc2nnc(COc3ccc(Br)cc3)n2Cc2ccccc2)c([N+](=O)[O-])c1. The zero-order chi connectivity index (χ0) is 26.9. The number of nitro benzene ring substituents is 1. The number of thioether (sulfide) groups is 1. The van der Waals surface area contributed by atoms with Gasteiger partial charge >= 0.3 is 0 Å². The van der Waals surface area contributed by atoms with E-state index in [0.29, 0.717) is 35.6 Å². The van der Waals surface area contributed by atoms with Gasteiger partial charge in [0.2, 0.25) is 5.91 Å². The van der Waals surface area contributed by atoms with Crippen LogP contribution in [0.3, 0.4) is 0 Å². The molecule has 12 heteroatoms. The first kappa shape index (κ1) is 27.1. The maximum absolute atomic E-state index is 12.7. The number of nitrogens with one attached hydrogen (secondary N) is 1. The first-order valence-electron chi connectivity index (χ1n) is 11.6. The van der Waals surface area contributed by atoms with E-state index in [-0.39, 0.29) is 23.7 Å². The quantitative estimate of drug-likeness (QED) is 0.125. The molecule has 0 fully saturated rings. The van der Waals surface area contributed by atoms with Crippen molar-refractivity contribution < 1.29 is 19.2 Å². The van der Waals surface area contributed by atoms with Gasteiger partial charge in [-0.2, -0.15) is 0 Å². The molecule has 196 valence electrons. The Morgan fingerprint density at radius 2 is 1.79 bits per heavy atom. The van der Waals surface area contributed by atoms with Gasteiger partial charge in [-0.3, -0.25) is 19.5 Å². The van der Waals surface area contributed by atoms with E-state index in [9.17, 15) is 14.9 Å². The second-order valence-corrected chi connectivity index (χ2v) is 9.78. The summed E-state index contributed by atoms with van der Waals surface area (Å²) < 4.78 is 14.1. The fourth-order valence-electron chi connectivity index (χ4n) is 3.48. The molecular formula is C26H24BrN5O5S. The van der Waals surface area contributed by atoms with Crippen molar-refractivity contribution in [3.05, 3.63) is 98.8 Å². The Hall–Kier alpha value is -3.90. The van der Waals surface area contributed by atoms with Crippen LogP contribution < -0.4 is 14.8 Å². The third-order valence-corrected chi connectivity index (χ3v) is 6.74. The Morgan fingerprint density at radius 3 is 2.50 bits per heavy atom. The van der Waals surface area contributed by atoms with Gasteiger partial charge in [0.1, 0.15) is 23.8 Å². The summed E-state index contributed by atoms with van der Waals surface area (Å²) in [5, 5.41) is 23.2. The summed E-state index contributed by atoms with van der Waals surface area (Å²) in [6.45, 7) is 2.83. The number of nitro groups is 1. The summed E-state index contributed by atoms with van der Waals surface area (Å²) in [5.41, 5.74) is 0.890. The molecule has 0 aliphatic heterocycles. The molecule has 4 rings (SSSR count). The van der Waals surface area contributed by atoms with E-state index >= 15 is 0 Å². The molecule has 0 saturated carbocycles. The van der Waals surface area contributed by atoms with Gasteiger partial charge in [0.05, 0.1) is 29.9 Å². The van der Waals surface area contributed by atoms with E-state index in [2.05, 4.69) is 31.4 Å². The lowest BCUT2D eigenvalue weighted by Gasteiger charge is -2.12. The number of carbonyl (C=O) groups is 1. The molecule has 1 amide bonds. The zero-order valence-electron chi connectivity index (χ0n) is 20.4. The molecule has 0 atom stereocenters. The highest BCUT2D eigenvalue weighted by Crippen LogP contribution is 2.30. The number of amides is 1. The summed E-state index contributed by atoms with van der Waals surface area (Å²) in [4.78, 5) is 23.7. The van der Waals surface area contributed by atoms with Gasteiger partial charge in [-0.25, -0.2) is 0 Å². The molecular weight excluding hydrogens is 574 g/mol. The number of hydrogen-bond acceptors (Lipinski definition) is 8. The van der Waals surface area contributed by atoms with Gasteiger partial charge in [0.15, 0.2) is 11.0 Å². The van der Waals surface area contributed by atoms with Crippen LogP contribution in [0.25, 0.3) is 0 Å². The molecule has 0 saturated heterocycles. The molecule has 1 aromatic heterocycles. The van der Waals surface area contributed by atoms with Crippen LogP contribution in [0.2, 0.25) is 0 Å². The highest BCUT2D eigenvalue weighted by molar-refractivity contribution is 9.10. The topological polar surface area (TPSA) is 121 Å². The smallest absolute Gasteiger partial charge is 0.296 e. The first-order chi connectivity index (χ1) is 18.4. The number of ether oxygens (including phenoxy) is 2. The van der Waals surface area contributed by atoms with Crippen molar-refractivity contribution in [1.82, 2.24) is 14.8 Å². The van der Waals surface area contributed by atoms with Gasteiger partial charge in [0, 0.05) is 4.47 Å². The predicted octanol–water partition coefficient (Wildman–Crippen LogP) is 5.71. The molecule has 0 bridgehead atoms. The van der Waals surface area contributed by atoms with Crippen molar-refractivity contribution >= 4 is 45.0 Å². The molecule has 4 aromatic rings. The van der Waals surface area contributed by atoms with E-state index in [1.54, 1.807) is 13.0 Å². The largest absolute Gasteiger partial charge is 0.494 e. The standard InChI is InChI=1S/C26H24BrN5O5S/c1-2-36-21-12-13-22(23(14-21)32(34)35)28-25(33)17-38-26-30-29-24(16-37-20-10-8-19(27)9-11-20)31(26)15-18-6-4-3-5-7-18/h3-14H,2,15-17H2,1H3,(H,28,33). The average molecular weight is 598 g/mol. The average Bonchev–Trinajstić information content (AvgIpc) is 3.29. The van der Waals surface area contributed by atoms with Crippen LogP contribution in [-0.4, -0.2) is 38.0 Å². The summed E-state index contributed by atoms with van der Waals surface area (Å²) in [6.07, 6.45) is 0. The van der Waals surface area contributed by atoms with E-state index in [1.807, 2.05) is 59.2 Å². The minimum absolute atomic E-state index is 0.0230. The monoisotopic (exact) mass is 597 g/mol. The van der Waals surface area contributed by atoms with Crippen molar-refractivity contribution in [1.29, 1.82) is 0 Å². The van der Waals surface area contributed by atoms with Gasteiger partial charge < -0.3 is 14.8 Å². The summed E-state index contributed by atoms with van der Waals surface area (Å²) in [5.74, 6) is 1.21. The molecule has 0 aliphatic rings. The number of hydrogen-bond donors (Lipinski definition) is 1. The fourth-order valence-corrected chi connectivity index (χ4v) is 4.50. The molecule has 0 radical (unpaired) electrons. The fraction of sp³-hybridized carbons (Fsp3) is 0.192. The van der Waals surface area contributed by atoms with E-state index < -0.39 is 10.8 Å². The maximum Gasteiger partial charge on any atom is 0.296 e. The van der Waals surface area contributed by atoms with Crippen molar-refractivity contribution in [2.45, 2.75) is 25.2 Å². The number of carbonyl (C=O) groups excluding carboxylic acids is 1. The molecule has 1 heterocycles. The third kappa shape index (κ3) is 7.33. The summed E-state index contributed by atoms with van der Waals surface area (Å²) >= 11 is 4.59. The number of nitrogens with zero attached hydrogens (tertiary/aromatic N) is 4. The number of benzene rings is 3. The van der Waals surface area contributed by atoms with Crippen molar-refractivity contribution in [3.63, 3.8) is 0 Å². The minimum Gasteiger partial charge on any atom is -0.494 e. The van der Waals surface area contributed by atoms with Crippen molar-refractivity contribution in [3.8, 4) is 11.5 Å². The van der Waals surface area contributed by atoms with Crippen LogP contribution in [0, 0.1) is 10.1 Å². The zero-order valence-corrected chi connectivity index (χ0v) is 22.8. The first-order valence-corrected chi connectivity index (χ1v) is 13.4. The Balaban J connectivity index is 1.47. The predicted molar refractivity (Wildman–Crippen MR) is 148 cm³/mol. The Labute approximate surface area is 231 Å². The van der Waals surface area contributed by atoms with Gasteiger partial charge in [-0.1, -0.05) is 58.0 Å². The molecule has 38 heavy (non-hydrogen) atoms. The van der Waals surface area contributed by atoms with E-state index in [0.717, 1.165) is 10.0 Å². The number of halogens is 1. The Kier molecular flexibility index (Phi) is 9.33. The van der Waals surface area contributed by atoms with Crippen LogP contribution in [-0.2, 0) is 17.9 Å². The van der Waals surface area contributed by atoms with Crippen LogP contribution in [0.1, 0.15) is 18.3 Å². The second-order valence-electron chi connectivity index (χ2n) is 7.92. The van der Waals surface area contributed by atoms with Crippen LogP contribution >= 0.6 is 27.7 Å². The molecule has 0 aliphatic carbocycles. The van der Waals surface area contributed by atoms with Gasteiger partial charge in [0.25, 0.3) is 5.69 Å². The highest BCUT2D eigenvalue weighted by atomic mass is 79.9. The van der Waals surface area contributed by atoms with Crippen LogP contribution in [0.5, 0.6) is 11.5 Å². The minimum atomic E-state index is -0.556. The maximum atomic E-state index is 12.7. The summed E-state index contributed by atoms with van der Waals surface area (Å²) in [7, 11) is 0. The second kappa shape index (κ2) is 13.1. The lowest BCUT2D eigenvalue weighted by molar-refractivity contribution is -0.384. The molecule has 10 nitrogen and oxygen atoms in total. The number of anilines is 1. The Bertz CT molecular complexity index is 1400. The normalized spacial score (nSPS) is 10.7. The number of aromatic nitrogens is 3. The van der Waals surface area contributed by atoms with E-state index in [4.69, 9.17) is 9.47 Å². The molecule has 3 aromatic carbocycles. The van der Waals surface area contributed by atoms with Gasteiger partial charge in [-0.05, 0) is 48.9 Å². The molecule has 0 spiro atoms. The third-order valence-electron chi connectivity index (χ3n) is 5.24. The van der Waals surface area contributed by atoms with Crippen LogP contribution in [0.15, 0.2) is 82.4 Å². The highest BCUT2D eigenvalue weighted by Gasteiger charge is 2.19. The van der Waals surface area contributed by atoms with Crippen molar-refractivity contribution in [2.24, 2.45) is 0 Å². The van der Waals surface area contributed by atoms with Gasteiger partial charge in [-0.15, -0.1) is 10.2 Å². The lowest BCUT2D eigenvalue weighted by atomic mass is 10.2. The van der Waals surface area contributed by atoms with Crippen molar-refractivity contribution in [2.75, 3.05) is 17.7 Å². The summed E-state index contributed by atoms with van der Waals surface area (Å²) in [6, 6.07) is 21.6. The molecule has 1 N–H and O–H groups in total. The van der Waals surface area contributed by atoms with Crippen LogP contribution in [0.4, 0.5) is 11.4 Å². The Morgan fingerprint density at radius 1 is 1.05 bits per heavy atom.